The van der Waals surface area contributed by atoms with Gasteiger partial charge in [0.15, 0.2) is 0 Å². The molecule has 0 bridgehead atoms. The van der Waals surface area contributed by atoms with Crippen LogP contribution in [0.1, 0.15) is 11.1 Å². The number of nitrogens with one attached hydrogen (secondary N) is 2. The number of anilines is 2. The van der Waals surface area contributed by atoms with Crippen LogP contribution in [0.3, 0.4) is 0 Å². The third kappa shape index (κ3) is 3.09. The smallest absolute Gasteiger partial charge is 0.250 e. The first-order valence-electron chi connectivity index (χ1n) is 11.2. The number of phenolic OH excluding ortho intramolecular Hbond substituents is 1. The molecule has 3 aliphatic rings. The Hall–Kier alpha value is -3.82. The van der Waals surface area contributed by atoms with Crippen LogP contribution in [0.4, 0.5) is 20.2 Å². The van der Waals surface area contributed by atoms with Gasteiger partial charge in [-0.2, -0.15) is 0 Å². The second kappa shape index (κ2) is 7.84. The van der Waals surface area contributed by atoms with E-state index in [1.54, 1.807) is 12.1 Å². The van der Waals surface area contributed by atoms with Gasteiger partial charge in [0.2, 0.25) is 17.7 Å². The summed E-state index contributed by atoms with van der Waals surface area (Å²) in [5.74, 6) is -5.19. The Labute approximate surface area is 208 Å². The van der Waals surface area contributed by atoms with Gasteiger partial charge in [0.1, 0.15) is 22.9 Å². The number of aromatic hydroxyl groups is 1. The van der Waals surface area contributed by atoms with Crippen LogP contribution in [0.25, 0.3) is 0 Å². The summed E-state index contributed by atoms with van der Waals surface area (Å²) in [6, 6.07) is 13.0. The third-order valence-electron chi connectivity index (χ3n) is 7.23. The molecule has 3 amide bonds. The minimum atomic E-state index is -1.69. The lowest BCUT2D eigenvalue weighted by molar-refractivity contribution is -0.130. The van der Waals surface area contributed by atoms with Crippen molar-refractivity contribution in [2.45, 2.75) is 18.0 Å². The number of carbonyl (C=O) groups is 3. The zero-order valence-corrected chi connectivity index (χ0v) is 19.2. The molecule has 3 N–H and O–H groups in total. The van der Waals surface area contributed by atoms with Gasteiger partial charge in [0, 0.05) is 17.3 Å². The van der Waals surface area contributed by atoms with Gasteiger partial charge in [-0.3, -0.25) is 19.7 Å². The molecule has 2 fully saturated rings. The maximum Gasteiger partial charge on any atom is 0.250 e. The summed E-state index contributed by atoms with van der Waals surface area (Å²) in [4.78, 5) is 42.0. The summed E-state index contributed by atoms with van der Waals surface area (Å²) < 4.78 is 28.1. The first-order valence-corrected chi connectivity index (χ1v) is 11.6. The first kappa shape index (κ1) is 22.6. The van der Waals surface area contributed by atoms with E-state index in [-0.39, 0.29) is 28.4 Å². The molecular formula is C26H18ClF2N3O4. The number of nitrogens with zero attached hydrogens (tertiary/aromatic N) is 1. The van der Waals surface area contributed by atoms with E-state index in [0.717, 1.165) is 16.5 Å². The van der Waals surface area contributed by atoms with Crippen LogP contribution in [0, 0.1) is 23.5 Å². The average molecular weight is 510 g/mol. The SMILES string of the molecule is O=C1[C@@H]2[C@@H](Cc3ccc(O)cc3)N[C@]3(C(=O)Nc4ccc(F)cc43)[C@H]2C(=O)N1c1ccc(F)c(Cl)c1. The molecule has 3 aromatic rings. The highest BCUT2D eigenvalue weighted by Gasteiger charge is 2.70. The number of imide groups is 1. The van der Waals surface area contributed by atoms with Crippen LogP contribution >= 0.6 is 11.6 Å². The number of carbonyl (C=O) groups excluding carboxylic acids is 3. The molecule has 182 valence electrons. The largest absolute Gasteiger partial charge is 0.508 e. The Morgan fingerprint density at radius 2 is 1.72 bits per heavy atom. The van der Waals surface area contributed by atoms with E-state index in [4.69, 9.17) is 11.6 Å². The van der Waals surface area contributed by atoms with Crippen LogP contribution in [-0.2, 0) is 26.3 Å². The fourth-order valence-electron chi connectivity index (χ4n) is 5.71. The lowest BCUT2D eigenvalue weighted by Gasteiger charge is -2.29. The third-order valence-corrected chi connectivity index (χ3v) is 7.52. The van der Waals surface area contributed by atoms with Crippen LogP contribution in [0.2, 0.25) is 5.02 Å². The summed E-state index contributed by atoms with van der Waals surface area (Å²) >= 11 is 5.92. The molecule has 4 atom stereocenters. The molecule has 0 saturated carbocycles. The van der Waals surface area contributed by atoms with E-state index in [9.17, 15) is 28.3 Å². The molecular weight excluding hydrogens is 492 g/mol. The molecule has 0 aromatic heterocycles. The van der Waals surface area contributed by atoms with E-state index < -0.39 is 52.8 Å². The Kier molecular flexibility index (Phi) is 4.93. The molecule has 3 aliphatic heterocycles. The predicted molar refractivity (Wildman–Crippen MR) is 126 cm³/mol. The van der Waals surface area contributed by atoms with Crippen LogP contribution in [0.5, 0.6) is 5.75 Å². The predicted octanol–water partition coefficient (Wildman–Crippen LogP) is 3.49. The van der Waals surface area contributed by atoms with E-state index in [1.807, 2.05) is 0 Å². The zero-order chi connectivity index (χ0) is 25.4. The summed E-state index contributed by atoms with van der Waals surface area (Å²) in [6.45, 7) is 0. The average Bonchev–Trinajstić information content (AvgIpc) is 3.42. The van der Waals surface area contributed by atoms with Crippen molar-refractivity contribution in [1.29, 1.82) is 0 Å². The number of hydrogen-bond acceptors (Lipinski definition) is 5. The number of rotatable bonds is 3. The monoisotopic (exact) mass is 509 g/mol. The number of hydrogen-bond donors (Lipinski definition) is 3. The molecule has 6 rings (SSSR count). The Bertz CT molecular complexity index is 1460. The van der Waals surface area contributed by atoms with Gasteiger partial charge >= 0.3 is 0 Å². The van der Waals surface area contributed by atoms with Crippen molar-refractivity contribution in [3.63, 3.8) is 0 Å². The van der Waals surface area contributed by atoms with Crippen molar-refractivity contribution < 1.29 is 28.3 Å². The fraction of sp³-hybridized carbons (Fsp3) is 0.192. The number of phenols is 1. The zero-order valence-electron chi connectivity index (χ0n) is 18.5. The van der Waals surface area contributed by atoms with Crippen molar-refractivity contribution in [2.75, 3.05) is 10.2 Å². The molecule has 0 radical (unpaired) electrons. The van der Waals surface area contributed by atoms with Gasteiger partial charge in [0.05, 0.1) is 22.5 Å². The van der Waals surface area contributed by atoms with Gasteiger partial charge in [-0.25, -0.2) is 13.7 Å². The van der Waals surface area contributed by atoms with E-state index in [2.05, 4.69) is 10.6 Å². The highest BCUT2D eigenvalue weighted by molar-refractivity contribution is 6.32. The minimum absolute atomic E-state index is 0.0681. The molecule has 1 spiro atoms. The van der Waals surface area contributed by atoms with Gasteiger partial charge < -0.3 is 10.4 Å². The maximum absolute atomic E-state index is 14.3. The van der Waals surface area contributed by atoms with Crippen molar-refractivity contribution in [3.05, 3.63) is 88.4 Å². The molecule has 7 nitrogen and oxygen atoms in total. The maximum atomic E-state index is 14.3. The highest BCUT2D eigenvalue weighted by atomic mass is 35.5. The summed E-state index contributed by atoms with van der Waals surface area (Å²) in [7, 11) is 0. The van der Waals surface area contributed by atoms with Gasteiger partial charge in [-0.1, -0.05) is 23.7 Å². The summed E-state index contributed by atoms with van der Waals surface area (Å²) in [6.07, 6.45) is 0.248. The molecule has 0 unspecified atom stereocenters. The number of fused-ring (bicyclic) bond motifs is 4. The van der Waals surface area contributed by atoms with Gasteiger partial charge in [-0.05, 0) is 60.5 Å². The van der Waals surface area contributed by atoms with Crippen molar-refractivity contribution in [3.8, 4) is 5.75 Å². The standard InChI is InChI=1S/C26H18ClF2N3O4/c27-17-11-14(4-7-18(17)29)32-23(34)21-20(9-12-1-5-15(33)6-2-12)31-26(22(21)24(32)35)16-10-13(28)3-8-19(16)30-25(26)36/h1-8,10-11,20-22,31,33H,9H2,(H,30,36)/t20-,21-,22-,26+/m1/s1. The van der Waals surface area contributed by atoms with Crippen LogP contribution in [0.15, 0.2) is 60.7 Å². The lowest BCUT2D eigenvalue weighted by Crippen LogP contribution is -2.53. The second-order valence-electron chi connectivity index (χ2n) is 9.19. The lowest BCUT2D eigenvalue weighted by atomic mass is 9.76. The van der Waals surface area contributed by atoms with Gasteiger partial charge in [-0.15, -0.1) is 0 Å². The molecule has 36 heavy (non-hydrogen) atoms. The minimum Gasteiger partial charge on any atom is -0.508 e. The van der Waals surface area contributed by atoms with Gasteiger partial charge in [0.25, 0.3) is 0 Å². The number of halogens is 3. The number of benzene rings is 3. The first-order chi connectivity index (χ1) is 17.2. The highest BCUT2D eigenvalue weighted by Crippen LogP contribution is 2.54. The second-order valence-corrected chi connectivity index (χ2v) is 9.59. The number of amides is 3. The molecule has 10 heteroatoms. The topological polar surface area (TPSA) is 98.7 Å². The molecule has 0 aliphatic carbocycles. The summed E-state index contributed by atoms with van der Waals surface area (Å²) in [5.41, 5.74) is -0.253. The molecule has 3 aromatic carbocycles. The van der Waals surface area contributed by atoms with Crippen LogP contribution in [-0.4, -0.2) is 28.9 Å². The van der Waals surface area contributed by atoms with Crippen molar-refractivity contribution in [2.24, 2.45) is 11.8 Å². The quantitative estimate of drug-likeness (QED) is 0.470. The van der Waals surface area contributed by atoms with E-state index in [0.29, 0.717) is 5.69 Å². The summed E-state index contributed by atoms with van der Waals surface area (Å²) in [5, 5.41) is 15.3. The Balaban J connectivity index is 1.50. The Morgan fingerprint density at radius 1 is 0.972 bits per heavy atom. The van der Waals surface area contributed by atoms with Crippen LogP contribution < -0.4 is 15.5 Å². The van der Waals surface area contributed by atoms with E-state index in [1.165, 1.54) is 42.5 Å². The normalized spacial score (nSPS) is 26.5. The fourth-order valence-corrected chi connectivity index (χ4v) is 5.89. The Morgan fingerprint density at radius 3 is 2.44 bits per heavy atom. The molecule has 2 saturated heterocycles. The van der Waals surface area contributed by atoms with Crippen molar-refractivity contribution >= 4 is 40.7 Å². The molecule has 3 heterocycles. The van der Waals surface area contributed by atoms with Crippen molar-refractivity contribution in [1.82, 2.24) is 5.32 Å². The van der Waals surface area contributed by atoms with E-state index >= 15 is 0 Å².